The predicted octanol–water partition coefficient (Wildman–Crippen LogP) is -0.112. The van der Waals surface area contributed by atoms with Crippen molar-refractivity contribution in [1.29, 1.82) is 0 Å². The highest BCUT2D eigenvalue weighted by atomic mass is 16.2. The Labute approximate surface area is 91.4 Å². The molecule has 0 atom stereocenters. The highest BCUT2D eigenvalue weighted by Crippen LogP contribution is 2.27. The fourth-order valence-corrected chi connectivity index (χ4v) is 2.26. The molecule has 4 heteroatoms. The average molecular weight is 211 g/mol. The second-order valence-electron chi connectivity index (χ2n) is 4.71. The summed E-state index contributed by atoms with van der Waals surface area (Å²) < 4.78 is 0. The highest BCUT2D eigenvalue weighted by molar-refractivity contribution is 5.79. The number of carbonyl (C=O) groups excluding carboxylic acids is 1. The first-order valence-corrected chi connectivity index (χ1v) is 5.96. The molecule has 1 amide bonds. The molecule has 1 aliphatic heterocycles. The summed E-state index contributed by atoms with van der Waals surface area (Å²) in [5, 5.41) is 0. The fraction of sp³-hybridized carbons (Fsp3) is 0.909. The van der Waals surface area contributed by atoms with E-state index in [2.05, 4.69) is 11.8 Å². The van der Waals surface area contributed by atoms with Crippen LogP contribution in [0.5, 0.6) is 0 Å². The topological polar surface area (TPSA) is 49.6 Å². The van der Waals surface area contributed by atoms with Crippen LogP contribution in [0.3, 0.4) is 0 Å². The Balaban J connectivity index is 1.72. The van der Waals surface area contributed by atoms with Gasteiger partial charge in [0, 0.05) is 25.7 Å². The first kappa shape index (κ1) is 10.9. The zero-order valence-electron chi connectivity index (χ0n) is 9.48. The Bertz CT molecular complexity index is 234. The molecular weight excluding hydrogens is 190 g/mol. The van der Waals surface area contributed by atoms with Gasteiger partial charge in [0.2, 0.25) is 5.91 Å². The maximum Gasteiger partial charge on any atom is 0.236 e. The van der Waals surface area contributed by atoms with E-state index < -0.39 is 0 Å². The lowest BCUT2D eigenvalue weighted by Crippen LogP contribution is -2.53. The van der Waals surface area contributed by atoms with Crippen molar-refractivity contribution in [1.82, 2.24) is 9.80 Å². The van der Waals surface area contributed by atoms with Crippen LogP contribution in [-0.4, -0.2) is 54.5 Å². The van der Waals surface area contributed by atoms with Gasteiger partial charge < -0.3 is 10.6 Å². The maximum absolute atomic E-state index is 11.9. The van der Waals surface area contributed by atoms with Crippen molar-refractivity contribution >= 4 is 5.91 Å². The molecule has 2 rings (SSSR count). The summed E-state index contributed by atoms with van der Waals surface area (Å²) in [7, 11) is 0. The summed E-state index contributed by atoms with van der Waals surface area (Å²) >= 11 is 0. The molecule has 0 unspecified atom stereocenters. The van der Waals surface area contributed by atoms with Crippen molar-refractivity contribution in [3.8, 4) is 0 Å². The predicted molar refractivity (Wildman–Crippen MR) is 59.4 cm³/mol. The molecule has 2 N–H and O–H groups in total. The zero-order valence-corrected chi connectivity index (χ0v) is 9.48. The Morgan fingerprint density at radius 3 is 2.60 bits per heavy atom. The van der Waals surface area contributed by atoms with Gasteiger partial charge >= 0.3 is 0 Å². The van der Waals surface area contributed by atoms with Crippen LogP contribution in [0.2, 0.25) is 0 Å². The van der Waals surface area contributed by atoms with Crippen molar-refractivity contribution in [2.24, 2.45) is 11.7 Å². The van der Waals surface area contributed by atoms with Crippen LogP contribution in [0.4, 0.5) is 0 Å². The SMILES string of the molecule is CCN(C(=O)CN1CC(CN)C1)C1CC1. The molecule has 1 heterocycles. The Hall–Kier alpha value is -0.610. The molecule has 1 saturated carbocycles. The van der Waals surface area contributed by atoms with Crippen LogP contribution in [0.1, 0.15) is 19.8 Å². The van der Waals surface area contributed by atoms with Gasteiger partial charge in [0.1, 0.15) is 0 Å². The van der Waals surface area contributed by atoms with Crippen molar-refractivity contribution < 1.29 is 4.79 Å². The first-order valence-electron chi connectivity index (χ1n) is 5.96. The van der Waals surface area contributed by atoms with E-state index in [9.17, 15) is 4.79 Å². The monoisotopic (exact) mass is 211 g/mol. The number of amides is 1. The Kier molecular flexibility index (Phi) is 3.26. The van der Waals surface area contributed by atoms with Gasteiger partial charge in [0.05, 0.1) is 6.54 Å². The molecule has 0 spiro atoms. The van der Waals surface area contributed by atoms with Gasteiger partial charge in [-0.15, -0.1) is 0 Å². The van der Waals surface area contributed by atoms with E-state index in [1.165, 1.54) is 12.8 Å². The molecule has 1 saturated heterocycles. The van der Waals surface area contributed by atoms with Gasteiger partial charge in [-0.3, -0.25) is 9.69 Å². The lowest BCUT2D eigenvalue weighted by molar-refractivity contribution is -0.134. The first-order chi connectivity index (χ1) is 7.24. The summed E-state index contributed by atoms with van der Waals surface area (Å²) in [4.78, 5) is 16.1. The number of likely N-dealkylation sites (N-methyl/N-ethyl adjacent to an activating group) is 1. The van der Waals surface area contributed by atoms with Crippen LogP contribution >= 0.6 is 0 Å². The Morgan fingerprint density at radius 1 is 1.47 bits per heavy atom. The van der Waals surface area contributed by atoms with Crippen molar-refractivity contribution in [2.45, 2.75) is 25.8 Å². The van der Waals surface area contributed by atoms with Crippen molar-refractivity contribution in [2.75, 3.05) is 32.7 Å². The molecule has 4 nitrogen and oxygen atoms in total. The minimum absolute atomic E-state index is 0.301. The van der Waals surface area contributed by atoms with Crippen LogP contribution in [0.25, 0.3) is 0 Å². The summed E-state index contributed by atoms with van der Waals surface area (Å²) in [5.74, 6) is 0.921. The van der Waals surface area contributed by atoms with Crippen LogP contribution < -0.4 is 5.73 Å². The molecule has 2 aliphatic rings. The van der Waals surface area contributed by atoms with Crippen LogP contribution in [0, 0.1) is 5.92 Å². The van der Waals surface area contributed by atoms with E-state index in [0.717, 1.165) is 26.2 Å². The standard InChI is InChI=1S/C11H21N3O/c1-2-14(10-3-4-10)11(15)8-13-6-9(5-12)7-13/h9-10H,2-8,12H2,1H3. The molecular formula is C11H21N3O. The number of nitrogens with zero attached hydrogens (tertiary/aromatic N) is 2. The molecule has 0 radical (unpaired) electrons. The molecule has 0 bridgehead atoms. The fourth-order valence-electron chi connectivity index (χ4n) is 2.26. The quantitative estimate of drug-likeness (QED) is 0.690. The lowest BCUT2D eigenvalue weighted by Gasteiger charge is -2.39. The number of carbonyl (C=O) groups is 1. The van der Waals surface area contributed by atoms with E-state index in [1.54, 1.807) is 0 Å². The molecule has 86 valence electrons. The number of likely N-dealkylation sites (tertiary alicyclic amines) is 1. The van der Waals surface area contributed by atoms with Gasteiger partial charge in [-0.25, -0.2) is 0 Å². The van der Waals surface area contributed by atoms with E-state index in [1.807, 2.05) is 4.90 Å². The third kappa shape index (κ3) is 2.49. The van der Waals surface area contributed by atoms with Gasteiger partial charge in [0.25, 0.3) is 0 Å². The largest absolute Gasteiger partial charge is 0.339 e. The number of hydrogen-bond acceptors (Lipinski definition) is 3. The molecule has 2 fully saturated rings. The van der Waals surface area contributed by atoms with Gasteiger partial charge in [0.15, 0.2) is 0 Å². The van der Waals surface area contributed by atoms with Crippen molar-refractivity contribution in [3.63, 3.8) is 0 Å². The number of rotatable bonds is 5. The third-order valence-corrected chi connectivity index (χ3v) is 3.37. The van der Waals surface area contributed by atoms with E-state index in [4.69, 9.17) is 5.73 Å². The molecule has 0 aromatic heterocycles. The van der Waals surface area contributed by atoms with E-state index >= 15 is 0 Å². The van der Waals surface area contributed by atoms with Gasteiger partial charge in [-0.2, -0.15) is 0 Å². The summed E-state index contributed by atoms with van der Waals surface area (Å²) in [6.07, 6.45) is 2.40. The number of nitrogens with two attached hydrogens (primary N) is 1. The Morgan fingerprint density at radius 2 is 2.13 bits per heavy atom. The minimum Gasteiger partial charge on any atom is -0.339 e. The normalized spacial score (nSPS) is 22.5. The molecule has 0 aromatic rings. The molecule has 0 aromatic carbocycles. The minimum atomic E-state index is 0.301. The van der Waals surface area contributed by atoms with Gasteiger partial charge in [-0.05, 0) is 32.2 Å². The third-order valence-electron chi connectivity index (χ3n) is 3.37. The second kappa shape index (κ2) is 4.49. The smallest absolute Gasteiger partial charge is 0.236 e. The molecule has 1 aliphatic carbocycles. The maximum atomic E-state index is 11.9. The van der Waals surface area contributed by atoms with Gasteiger partial charge in [-0.1, -0.05) is 0 Å². The average Bonchev–Trinajstić information content (AvgIpc) is 2.95. The lowest BCUT2D eigenvalue weighted by atomic mass is 10.0. The van der Waals surface area contributed by atoms with E-state index in [0.29, 0.717) is 24.4 Å². The molecule has 15 heavy (non-hydrogen) atoms. The second-order valence-corrected chi connectivity index (χ2v) is 4.71. The summed E-state index contributed by atoms with van der Waals surface area (Å²) in [5.41, 5.74) is 5.55. The van der Waals surface area contributed by atoms with E-state index in [-0.39, 0.29) is 0 Å². The zero-order chi connectivity index (χ0) is 10.8. The van der Waals surface area contributed by atoms with Crippen LogP contribution in [0.15, 0.2) is 0 Å². The summed E-state index contributed by atoms with van der Waals surface area (Å²) in [6.45, 7) is 6.28. The van der Waals surface area contributed by atoms with Crippen molar-refractivity contribution in [3.05, 3.63) is 0 Å². The van der Waals surface area contributed by atoms with Crippen LogP contribution in [-0.2, 0) is 4.79 Å². The summed E-state index contributed by atoms with van der Waals surface area (Å²) in [6, 6.07) is 0.550. The number of hydrogen-bond donors (Lipinski definition) is 1. The highest BCUT2D eigenvalue weighted by Gasteiger charge is 2.34.